The van der Waals surface area contributed by atoms with Crippen LogP contribution in [0.2, 0.25) is 0 Å². The second kappa shape index (κ2) is 11.9. The lowest BCUT2D eigenvalue weighted by atomic mass is 10.1. The van der Waals surface area contributed by atoms with Crippen molar-refractivity contribution in [2.24, 2.45) is 0 Å². The maximum Gasteiger partial charge on any atom is 0.258 e. The predicted molar refractivity (Wildman–Crippen MR) is 173 cm³/mol. The van der Waals surface area contributed by atoms with Gasteiger partial charge in [-0.05, 0) is 62.2 Å². The van der Waals surface area contributed by atoms with Gasteiger partial charge in [-0.15, -0.1) is 0 Å². The molecule has 228 valence electrons. The quantitative estimate of drug-likeness (QED) is 0.320. The molecule has 2 aromatic heterocycles. The van der Waals surface area contributed by atoms with Crippen molar-refractivity contribution in [3.63, 3.8) is 0 Å². The van der Waals surface area contributed by atoms with E-state index in [-0.39, 0.29) is 23.5 Å². The Bertz CT molecular complexity index is 1760. The van der Waals surface area contributed by atoms with E-state index in [9.17, 15) is 14.4 Å². The number of aromatic nitrogens is 2. The molecule has 4 heterocycles. The van der Waals surface area contributed by atoms with Crippen molar-refractivity contribution in [1.29, 1.82) is 5.26 Å². The van der Waals surface area contributed by atoms with Gasteiger partial charge in [-0.2, -0.15) is 5.26 Å². The van der Waals surface area contributed by atoms with E-state index in [2.05, 4.69) is 33.3 Å². The van der Waals surface area contributed by atoms with Crippen molar-refractivity contribution in [2.75, 3.05) is 62.7 Å². The zero-order valence-electron chi connectivity index (χ0n) is 25.0. The Morgan fingerprint density at radius 2 is 1.91 bits per heavy atom. The van der Waals surface area contributed by atoms with Crippen molar-refractivity contribution in [2.45, 2.75) is 38.0 Å². The largest absolute Gasteiger partial charge is 0.373 e. The minimum Gasteiger partial charge on any atom is -0.373 e. The lowest BCUT2D eigenvalue weighted by Crippen LogP contribution is -2.47. The first-order valence-electron chi connectivity index (χ1n) is 15.3. The molecule has 1 N–H and O–H groups in total. The second-order valence-electron chi connectivity index (χ2n) is 11.9. The van der Waals surface area contributed by atoms with Crippen molar-refractivity contribution < 1.29 is 9.13 Å². The van der Waals surface area contributed by atoms with Gasteiger partial charge >= 0.3 is 0 Å². The van der Waals surface area contributed by atoms with Crippen LogP contribution >= 0.6 is 11.3 Å². The fourth-order valence-electron chi connectivity index (χ4n) is 6.39. The summed E-state index contributed by atoms with van der Waals surface area (Å²) in [7, 11) is 1.92. The van der Waals surface area contributed by atoms with E-state index < -0.39 is 0 Å². The zero-order valence-corrected chi connectivity index (χ0v) is 25.8. The summed E-state index contributed by atoms with van der Waals surface area (Å²) in [5.41, 5.74) is 3.04. The van der Waals surface area contributed by atoms with Gasteiger partial charge in [0.25, 0.3) is 5.56 Å². The van der Waals surface area contributed by atoms with Gasteiger partial charge in [0.05, 0.1) is 24.4 Å². The number of benzene rings is 2. The summed E-state index contributed by atoms with van der Waals surface area (Å²) in [5, 5.41) is 15.4. The van der Waals surface area contributed by atoms with Crippen LogP contribution in [0, 0.1) is 17.1 Å². The average Bonchev–Trinajstić information content (AvgIpc) is 3.83. The monoisotopic (exact) mass is 613 g/mol. The van der Waals surface area contributed by atoms with Crippen molar-refractivity contribution >= 4 is 38.6 Å². The van der Waals surface area contributed by atoms with Gasteiger partial charge in [0.2, 0.25) is 0 Å². The number of thiazole rings is 1. The van der Waals surface area contributed by atoms with Crippen LogP contribution in [0.5, 0.6) is 0 Å². The molecule has 4 aromatic rings. The first kappa shape index (κ1) is 28.9. The molecule has 0 spiro atoms. The highest BCUT2D eigenvalue weighted by molar-refractivity contribution is 7.16. The minimum absolute atomic E-state index is 0.0622. The fraction of sp³-hybridized carbons (Fsp3) is 0.424. The van der Waals surface area contributed by atoms with Gasteiger partial charge in [0, 0.05) is 80.6 Å². The summed E-state index contributed by atoms with van der Waals surface area (Å²) in [6.07, 6.45) is 4.39. The molecule has 3 fully saturated rings. The van der Waals surface area contributed by atoms with E-state index in [1.54, 1.807) is 16.7 Å². The third kappa shape index (κ3) is 5.48. The summed E-state index contributed by atoms with van der Waals surface area (Å²) >= 11 is 1.28. The van der Waals surface area contributed by atoms with Crippen LogP contribution in [0.4, 0.5) is 20.9 Å². The first-order chi connectivity index (χ1) is 21.4. The number of anilines is 3. The van der Waals surface area contributed by atoms with E-state index in [1.807, 2.05) is 31.1 Å². The van der Waals surface area contributed by atoms with Crippen LogP contribution in [0.3, 0.4) is 0 Å². The molecule has 1 saturated carbocycles. The summed E-state index contributed by atoms with van der Waals surface area (Å²) < 4.78 is 21.5. The van der Waals surface area contributed by atoms with Crippen LogP contribution in [-0.2, 0) is 4.74 Å². The molecule has 0 bridgehead atoms. The standard InChI is InChI=1S/C33H36FN7O2S/c1-21(29-19-36-11-16-43-29)41-20-28(38(2)33-37-31(30(18-35)44-33)22-3-5-23(34)6-4-22)27-17-25(9-10-26(27)32(41)42)40-14-12-39(13-15-40)24-7-8-24/h3-6,9-10,17,20-21,24,29,36H,7-8,11-16,19H2,1-2H3. The van der Waals surface area contributed by atoms with Gasteiger partial charge in [-0.25, -0.2) is 9.37 Å². The normalized spacial score (nSPS) is 20.0. The fourth-order valence-corrected chi connectivity index (χ4v) is 7.25. The van der Waals surface area contributed by atoms with E-state index in [0.29, 0.717) is 39.8 Å². The highest BCUT2D eigenvalue weighted by Crippen LogP contribution is 2.39. The number of piperazine rings is 1. The van der Waals surface area contributed by atoms with Gasteiger partial charge < -0.3 is 24.4 Å². The molecule has 11 heteroatoms. The van der Waals surface area contributed by atoms with Crippen LogP contribution in [0.1, 0.15) is 30.7 Å². The van der Waals surface area contributed by atoms with E-state index in [1.165, 1.54) is 36.3 Å². The number of hydrogen-bond acceptors (Lipinski definition) is 9. The molecule has 44 heavy (non-hydrogen) atoms. The van der Waals surface area contributed by atoms with Gasteiger partial charge in [0.15, 0.2) is 5.13 Å². The first-order valence-corrected chi connectivity index (χ1v) is 16.1. The molecule has 2 saturated heterocycles. The molecule has 2 atom stereocenters. The third-order valence-corrected chi connectivity index (χ3v) is 10.2. The molecule has 7 rings (SSSR count). The average molecular weight is 614 g/mol. The van der Waals surface area contributed by atoms with Crippen molar-refractivity contribution in [3.05, 3.63) is 69.7 Å². The molecular formula is C33H36FN7O2S. The minimum atomic E-state index is -0.343. The molecule has 0 amide bonds. The van der Waals surface area contributed by atoms with Crippen LogP contribution in [0.15, 0.2) is 53.5 Å². The molecule has 2 aliphatic heterocycles. The number of halogens is 1. The predicted octanol–water partition coefficient (Wildman–Crippen LogP) is 4.74. The van der Waals surface area contributed by atoms with Crippen LogP contribution < -0.4 is 20.7 Å². The number of ether oxygens (including phenoxy) is 1. The molecule has 2 unspecified atom stereocenters. The summed E-state index contributed by atoms with van der Waals surface area (Å²) in [6, 6.07) is 15.0. The van der Waals surface area contributed by atoms with E-state index >= 15 is 0 Å². The number of nitrogens with one attached hydrogen (secondary N) is 1. The van der Waals surface area contributed by atoms with Crippen LogP contribution in [-0.4, -0.2) is 79.5 Å². The Hall–Kier alpha value is -3.82. The second-order valence-corrected chi connectivity index (χ2v) is 12.9. The number of pyridine rings is 1. The Kier molecular flexibility index (Phi) is 7.84. The number of morpholine rings is 1. The number of nitriles is 1. The Morgan fingerprint density at radius 1 is 1.14 bits per heavy atom. The highest BCUT2D eigenvalue weighted by Gasteiger charge is 2.32. The van der Waals surface area contributed by atoms with E-state index in [4.69, 9.17) is 9.72 Å². The SMILES string of the molecule is CC(C1CNCCO1)n1cc(N(C)c2nc(-c3ccc(F)cc3)c(C#N)s2)c2cc(N3CCN(C4CC4)CC3)ccc2c1=O. The number of rotatable bonds is 7. The molecular weight excluding hydrogens is 577 g/mol. The summed E-state index contributed by atoms with van der Waals surface area (Å²) in [4.78, 5) is 26.3. The maximum absolute atomic E-state index is 14.0. The highest BCUT2D eigenvalue weighted by atomic mass is 32.1. The topological polar surface area (TPSA) is 89.7 Å². The zero-order chi connectivity index (χ0) is 30.4. The lowest BCUT2D eigenvalue weighted by molar-refractivity contribution is -0.00104. The lowest BCUT2D eigenvalue weighted by Gasteiger charge is -2.36. The smallest absolute Gasteiger partial charge is 0.258 e. The summed E-state index contributed by atoms with van der Waals surface area (Å²) in [5.74, 6) is -0.343. The van der Waals surface area contributed by atoms with Gasteiger partial charge in [-0.1, -0.05) is 11.3 Å². The maximum atomic E-state index is 14.0. The number of hydrogen-bond donors (Lipinski definition) is 1. The molecule has 9 nitrogen and oxygen atoms in total. The third-order valence-electron chi connectivity index (χ3n) is 9.16. The number of nitrogens with zero attached hydrogens (tertiary/aromatic N) is 6. The van der Waals surface area contributed by atoms with Gasteiger partial charge in [-0.3, -0.25) is 9.69 Å². The summed E-state index contributed by atoms with van der Waals surface area (Å²) in [6.45, 7) is 8.08. The molecule has 0 radical (unpaired) electrons. The number of fused-ring (bicyclic) bond motifs is 1. The van der Waals surface area contributed by atoms with E-state index in [0.717, 1.165) is 55.5 Å². The van der Waals surface area contributed by atoms with Crippen molar-refractivity contribution in [1.82, 2.24) is 19.8 Å². The Balaban J connectivity index is 1.31. The molecule has 1 aliphatic carbocycles. The Morgan fingerprint density at radius 3 is 2.59 bits per heavy atom. The molecule has 3 aliphatic rings. The Labute approximate surface area is 260 Å². The van der Waals surface area contributed by atoms with Gasteiger partial charge in [0.1, 0.15) is 22.5 Å². The molecule has 2 aromatic carbocycles. The van der Waals surface area contributed by atoms with Crippen LogP contribution in [0.25, 0.3) is 22.0 Å². The van der Waals surface area contributed by atoms with Crippen molar-refractivity contribution in [3.8, 4) is 17.3 Å².